The number of piperidine rings is 1. The van der Waals surface area contributed by atoms with Gasteiger partial charge in [0.25, 0.3) is 0 Å². The fourth-order valence-electron chi connectivity index (χ4n) is 3.40. The molecular formula is C21H23ClFN3O2. The summed E-state index contributed by atoms with van der Waals surface area (Å²) in [6.07, 6.45) is 1.44. The van der Waals surface area contributed by atoms with Crippen LogP contribution in [0, 0.1) is 11.7 Å². The summed E-state index contributed by atoms with van der Waals surface area (Å²) in [5.74, 6) is -0.859. The lowest BCUT2D eigenvalue weighted by Crippen LogP contribution is -2.47. The standard InChI is InChI=1S/C21H23ClFN3O2/c1-25(14-17-18(22)10-5-11-19(17)23)20(27)15-7-6-12-26(13-15)21(28)24-16-8-3-2-4-9-16/h2-5,8-11,15H,6-7,12-14H2,1H3,(H,24,28). The number of carbonyl (C=O) groups is 2. The summed E-state index contributed by atoms with van der Waals surface area (Å²) >= 11 is 6.07. The van der Waals surface area contributed by atoms with Crippen molar-refractivity contribution in [3.8, 4) is 0 Å². The van der Waals surface area contributed by atoms with E-state index in [1.165, 1.54) is 17.0 Å². The molecule has 0 aromatic heterocycles. The second-order valence-electron chi connectivity index (χ2n) is 6.98. The number of hydrogen-bond donors (Lipinski definition) is 1. The fourth-order valence-corrected chi connectivity index (χ4v) is 3.62. The van der Waals surface area contributed by atoms with E-state index in [-0.39, 0.29) is 24.4 Å². The summed E-state index contributed by atoms with van der Waals surface area (Å²) in [6.45, 7) is 1.04. The summed E-state index contributed by atoms with van der Waals surface area (Å²) in [7, 11) is 1.63. The van der Waals surface area contributed by atoms with Crippen molar-refractivity contribution >= 4 is 29.2 Å². The highest BCUT2D eigenvalue weighted by Crippen LogP contribution is 2.23. The third-order valence-electron chi connectivity index (χ3n) is 4.92. The van der Waals surface area contributed by atoms with Crippen molar-refractivity contribution in [3.63, 3.8) is 0 Å². The molecule has 1 fully saturated rings. The predicted octanol–water partition coefficient (Wildman–Crippen LogP) is 4.38. The van der Waals surface area contributed by atoms with Crippen LogP contribution in [-0.2, 0) is 11.3 Å². The second-order valence-corrected chi connectivity index (χ2v) is 7.38. The van der Waals surface area contributed by atoms with Crippen LogP contribution < -0.4 is 5.32 Å². The zero-order valence-corrected chi connectivity index (χ0v) is 16.5. The largest absolute Gasteiger partial charge is 0.341 e. The van der Waals surface area contributed by atoms with E-state index in [4.69, 9.17) is 11.6 Å². The van der Waals surface area contributed by atoms with Crippen molar-refractivity contribution in [1.29, 1.82) is 0 Å². The number of urea groups is 1. The van der Waals surface area contributed by atoms with E-state index < -0.39 is 5.82 Å². The van der Waals surface area contributed by atoms with Crippen LogP contribution in [0.3, 0.4) is 0 Å². The molecule has 1 heterocycles. The van der Waals surface area contributed by atoms with Gasteiger partial charge in [-0.25, -0.2) is 9.18 Å². The van der Waals surface area contributed by atoms with E-state index in [1.807, 2.05) is 30.3 Å². The maximum atomic E-state index is 14.0. The van der Waals surface area contributed by atoms with Gasteiger partial charge in [-0.1, -0.05) is 35.9 Å². The number of nitrogens with one attached hydrogen (secondary N) is 1. The van der Waals surface area contributed by atoms with Gasteiger partial charge in [0.15, 0.2) is 0 Å². The van der Waals surface area contributed by atoms with Crippen molar-refractivity contribution in [2.24, 2.45) is 5.92 Å². The molecular weight excluding hydrogens is 381 g/mol. The normalized spacial score (nSPS) is 16.5. The number of anilines is 1. The first kappa shape index (κ1) is 20.1. The highest BCUT2D eigenvalue weighted by molar-refractivity contribution is 6.31. The summed E-state index contributed by atoms with van der Waals surface area (Å²) in [6, 6.07) is 13.5. The molecule has 1 saturated heterocycles. The Kier molecular flexibility index (Phi) is 6.52. The van der Waals surface area contributed by atoms with Gasteiger partial charge < -0.3 is 15.1 Å². The molecule has 2 aromatic rings. The number of amides is 3. The lowest BCUT2D eigenvalue weighted by Gasteiger charge is -2.34. The molecule has 0 spiro atoms. The Hall–Kier alpha value is -2.60. The molecule has 0 aliphatic carbocycles. The van der Waals surface area contributed by atoms with Gasteiger partial charge in [0, 0.05) is 43.0 Å². The van der Waals surface area contributed by atoms with Crippen LogP contribution >= 0.6 is 11.6 Å². The van der Waals surface area contributed by atoms with E-state index >= 15 is 0 Å². The highest BCUT2D eigenvalue weighted by atomic mass is 35.5. The first-order valence-electron chi connectivity index (χ1n) is 9.24. The molecule has 7 heteroatoms. The van der Waals surface area contributed by atoms with Gasteiger partial charge in [0.1, 0.15) is 5.82 Å². The maximum Gasteiger partial charge on any atom is 0.321 e. The third-order valence-corrected chi connectivity index (χ3v) is 5.27. The van der Waals surface area contributed by atoms with Gasteiger partial charge in [0.05, 0.1) is 5.92 Å². The molecule has 3 rings (SSSR count). The van der Waals surface area contributed by atoms with E-state index in [1.54, 1.807) is 18.0 Å². The summed E-state index contributed by atoms with van der Waals surface area (Å²) in [4.78, 5) is 28.5. The number of benzene rings is 2. The molecule has 0 radical (unpaired) electrons. The SMILES string of the molecule is CN(Cc1c(F)cccc1Cl)C(=O)C1CCCN(C(=O)Nc2ccccc2)C1. The topological polar surface area (TPSA) is 52.7 Å². The smallest absolute Gasteiger partial charge is 0.321 e. The molecule has 3 amide bonds. The lowest BCUT2D eigenvalue weighted by molar-refractivity contribution is -0.136. The average molecular weight is 404 g/mol. The van der Waals surface area contributed by atoms with Crippen LogP contribution in [-0.4, -0.2) is 41.9 Å². The first-order valence-corrected chi connectivity index (χ1v) is 9.62. The Morgan fingerprint density at radius 2 is 1.96 bits per heavy atom. The minimum atomic E-state index is -0.431. The second kappa shape index (κ2) is 9.06. The van der Waals surface area contributed by atoms with E-state index in [9.17, 15) is 14.0 Å². The van der Waals surface area contributed by atoms with Gasteiger partial charge >= 0.3 is 6.03 Å². The number of halogens is 2. The number of nitrogens with zero attached hydrogens (tertiary/aromatic N) is 2. The predicted molar refractivity (Wildman–Crippen MR) is 108 cm³/mol. The van der Waals surface area contributed by atoms with Gasteiger partial charge in [-0.2, -0.15) is 0 Å². The highest BCUT2D eigenvalue weighted by Gasteiger charge is 2.30. The molecule has 2 aromatic carbocycles. The monoisotopic (exact) mass is 403 g/mol. The number of para-hydroxylation sites is 1. The van der Waals surface area contributed by atoms with Crippen molar-refractivity contribution in [2.45, 2.75) is 19.4 Å². The molecule has 5 nitrogen and oxygen atoms in total. The van der Waals surface area contributed by atoms with Crippen molar-refractivity contribution in [1.82, 2.24) is 9.80 Å². The third kappa shape index (κ3) is 4.81. The quantitative estimate of drug-likeness (QED) is 0.823. The Labute approximate surface area is 169 Å². The summed E-state index contributed by atoms with van der Waals surface area (Å²) in [5.41, 5.74) is 1.02. The minimum Gasteiger partial charge on any atom is -0.341 e. The zero-order chi connectivity index (χ0) is 20.1. The Bertz CT molecular complexity index is 827. The first-order chi connectivity index (χ1) is 13.5. The fraction of sp³-hybridized carbons (Fsp3) is 0.333. The summed E-state index contributed by atoms with van der Waals surface area (Å²) in [5, 5.41) is 3.15. The molecule has 1 N–H and O–H groups in total. The Balaban J connectivity index is 1.61. The van der Waals surface area contributed by atoms with Gasteiger partial charge in [-0.15, -0.1) is 0 Å². The molecule has 0 saturated carbocycles. The number of likely N-dealkylation sites (tertiary alicyclic amines) is 1. The van der Waals surface area contributed by atoms with Crippen LogP contribution in [0.5, 0.6) is 0 Å². The zero-order valence-electron chi connectivity index (χ0n) is 15.7. The van der Waals surface area contributed by atoms with Gasteiger partial charge in [0.2, 0.25) is 5.91 Å². The van der Waals surface area contributed by atoms with Crippen LogP contribution in [0.25, 0.3) is 0 Å². The molecule has 148 valence electrons. The molecule has 1 aliphatic heterocycles. The molecule has 0 bridgehead atoms. The van der Waals surface area contributed by atoms with Gasteiger partial charge in [-0.05, 0) is 37.1 Å². The Morgan fingerprint density at radius 1 is 1.21 bits per heavy atom. The van der Waals surface area contributed by atoms with E-state index in [2.05, 4.69) is 5.32 Å². The molecule has 1 unspecified atom stereocenters. The van der Waals surface area contributed by atoms with Gasteiger partial charge in [-0.3, -0.25) is 4.79 Å². The van der Waals surface area contributed by atoms with Crippen LogP contribution in [0.15, 0.2) is 48.5 Å². The molecule has 1 aliphatic rings. The van der Waals surface area contributed by atoms with Crippen LogP contribution in [0.2, 0.25) is 5.02 Å². The minimum absolute atomic E-state index is 0.0943. The average Bonchev–Trinajstić information content (AvgIpc) is 2.71. The van der Waals surface area contributed by atoms with Crippen molar-refractivity contribution in [2.75, 3.05) is 25.5 Å². The van der Waals surface area contributed by atoms with E-state index in [0.29, 0.717) is 35.8 Å². The molecule has 1 atom stereocenters. The van der Waals surface area contributed by atoms with Crippen molar-refractivity contribution < 1.29 is 14.0 Å². The van der Waals surface area contributed by atoms with E-state index in [0.717, 1.165) is 6.42 Å². The number of hydrogen-bond acceptors (Lipinski definition) is 2. The van der Waals surface area contributed by atoms with Crippen LogP contribution in [0.1, 0.15) is 18.4 Å². The Morgan fingerprint density at radius 3 is 2.68 bits per heavy atom. The number of carbonyl (C=O) groups excluding carboxylic acids is 2. The maximum absolute atomic E-state index is 14.0. The summed E-state index contributed by atoms with van der Waals surface area (Å²) < 4.78 is 14.0. The van der Waals surface area contributed by atoms with Crippen molar-refractivity contribution in [3.05, 3.63) is 64.9 Å². The van der Waals surface area contributed by atoms with Crippen LogP contribution in [0.4, 0.5) is 14.9 Å². The molecule has 28 heavy (non-hydrogen) atoms. The number of rotatable bonds is 4. The lowest BCUT2D eigenvalue weighted by atomic mass is 9.96.